The van der Waals surface area contributed by atoms with E-state index in [-0.39, 0.29) is 24.4 Å². The van der Waals surface area contributed by atoms with Gasteiger partial charge in [0, 0.05) is 25.6 Å². The fraction of sp³-hybridized carbons (Fsp3) is 0.333. The van der Waals surface area contributed by atoms with Gasteiger partial charge < -0.3 is 15.8 Å². The minimum Gasteiger partial charge on any atom is -0.409 e. The molecule has 110 valence electrons. The van der Waals surface area contributed by atoms with Gasteiger partial charge in [-0.25, -0.2) is 0 Å². The molecule has 0 unspecified atom stereocenters. The summed E-state index contributed by atoms with van der Waals surface area (Å²) in [7, 11) is 1.48. The summed E-state index contributed by atoms with van der Waals surface area (Å²) in [5.74, 6) is -0.471. The largest absolute Gasteiger partial charge is 0.416 e. The van der Waals surface area contributed by atoms with Crippen molar-refractivity contribution in [3.63, 3.8) is 0 Å². The maximum absolute atomic E-state index is 12.4. The summed E-state index contributed by atoms with van der Waals surface area (Å²) >= 11 is 0. The summed E-state index contributed by atoms with van der Waals surface area (Å²) < 4.78 is 37.1. The number of halogens is 3. The Balaban J connectivity index is 2.72. The highest BCUT2D eigenvalue weighted by atomic mass is 19.4. The number of alkyl halides is 3. The van der Waals surface area contributed by atoms with Crippen LogP contribution in [0.15, 0.2) is 29.4 Å². The Hall–Kier alpha value is -2.25. The maximum atomic E-state index is 12.4. The van der Waals surface area contributed by atoms with Gasteiger partial charge in [0.1, 0.15) is 5.84 Å². The van der Waals surface area contributed by atoms with Crippen LogP contribution in [0.1, 0.15) is 22.3 Å². The second kappa shape index (κ2) is 6.27. The van der Waals surface area contributed by atoms with Crippen molar-refractivity contribution in [2.45, 2.75) is 12.6 Å². The number of hydrogen-bond acceptors (Lipinski definition) is 3. The molecule has 0 spiro atoms. The molecule has 0 aliphatic heterocycles. The number of amides is 1. The monoisotopic (exact) mass is 289 g/mol. The third-order valence-electron chi connectivity index (χ3n) is 2.64. The van der Waals surface area contributed by atoms with E-state index in [9.17, 15) is 18.0 Å². The first-order valence-electron chi connectivity index (χ1n) is 5.65. The molecule has 5 nitrogen and oxygen atoms in total. The zero-order valence-electron chi connectivity index (χ0n) is 10.7. The average Bonchev–Trinajstić information content (AvgIpc) is 2.42. The number of carbonyl (C=O) groups excluding carboxylic acids is 1. The predicted octanol–water partition coefficient (Wildman–Crippen LogP) is 1.91. The highest BCUT2D eigenvalue weighted by Crippen LogP contribution is 2.29. The van der Waals surface area contributed by atoms with Crippen LogP contribution in [0.3, 0.4) is 0 Å². The summed E-state index contributed by atoms with van der Waals surface area (Å²) in [5.41, 5.74) is 4.59. The molecular formula is C12H14F3N3O2. The first kappa shape index (κ1) is 15.8. The summed E-state index contributed by atoms with van der Waals surface area (Å²) in [4.78, 5) is 13.2. The van der Waals surface area contributed by atoms with Crippen molar-refractivity contribution in [1.29, 1.82) is 0 Å². The minimum atomic E-state index is -4.43. The molecule has 0 saturated carbocycles. The standard InChI is InChI=1S/C12H14F3N3O2/c1-18(7-6-10(16)17-20)11(19)8-2-4-9(5-3-8)12(13,14)15/h2-5,20H,6-7H2,1H3,(H2,16,17). The fourth-order valence-electron chi connectivity index (χ4n) is 1.46. The van der Waals surface area contributed by atoms with Crippen LogP contribution in [0.5, 0.6) is 0 Å². The topological polar surface area (TPSA) is 78.9 Å². The van der Waals surface area contributed by atoms with Crippen LogP contribution >= 0.6 is 0 Å². The van der Waals surface area contributed by atoms with Crippen molar-refractivity contribution in [2.75, 3.05) is 13.6 Å². The summed E-state index contributed by atoms with van der Waals surface area (Å²) in [6.07, 6.45) is -4.26. The molecule has 0 bridgehead atoms. The molecule has 0 aliphatic rings. The van der Waals surface area contributed by atoms with Crippen LogP contribution in [-0.4, -0.2) is 35.4 Å². The van der Waals surface area contributed by atoms with Gasteiger partial charge in [-0.1, -0.05) is 5.16 Å². The lowest BCUT2D eigenvalue weighted by atomic mass is 10.1. The summed E-state index contributed by atoms with van der Waals surface area (Å²) in [6.45, 7) is 0.190. The number of amidine groups is 1. The van der Waals surface area contributed by atoms with Crippen molar-refractivity contribution in [3.05, 3.63) is 35.4 Å². The summed E-state index contributed by atoms with van der Waals surface area (Å²) in [6, 6.07) is 3.94. The molecule has 0 fully saturated rings. The third kappa shape index (κ3) is 4.15. The van der Waals surface area contributed by atoms with Gasteiger partial charge in [0.15, 0.2) is 0 Å². The van der Waals surface area contributed by atoms with Gasteiger partial charge in [0.25, 0.3) is 5.91 Å². The molecule has 1 amide bonds. The van der Waals surface area contributed by atoms with Crippen LogP contribution in [-0.2, 0) is 6.18 Å². The van der Waals surface area contributed by atoms with Crippen molar-refractivity contribution < 1.29 is 23.2 Å². The van der Waals surface area contributed by atoms with E-state index < -0.39 is 17.6 Å². The normalized spacial score (nSPS) is 12.3. The van der Waals surface area contributed by atoms with Crippen LogP contribution in [0.25, 0.3) is 0 Å². The van der Waals surface area contributed by atoms with Crippen molar-refractivity contribution >= 4 is 11.7 Å². The molecule has 0 heterocycles. The average molecular weight is 289 g/mol. The predicted molar refractivity (Wildman–Crippen MR) is 66.4 cm³/mol. The fourth-order valence-corrected chi connectivity index (χ4v) is 1.46. The van der Waals surface area contributed by atoms with Crippen LogP contribution in [0.2, 0.25) is 0 Å². The second-order valence-corrected chi connectivity index (χ2v) is 4.14. The Morgan fingerprint density at radius 1 is 1.35 bits per heavy atom. The number of benzene rings is 1. The lowest BCUT2D eigenvalue weighted by Crippen LogP contribution is -2.30. The van der Waals surface area contributed by atoms with Crippen molar-refractivity contribution in [2.24, 2.45) is 10.9 Å². The Bertz CT molecular complexity index is 498. The van der Waals surface area contributed by atoms with Gasteiger partial charge in [-0.2, -0.15) is 13.2 Å². The molecule has 0 radical (unpaired) electrons. The second-order valence-electron chi connectivity index (χ2n) is 4.14. The molecule has 20 heavy (non-hydrogen) atoms. The van der Waals surface area contributed by atoms with E-state index in [1.807, 2.05) is 0 Å². The molecule has 0 aliphatic carbocycles. The van der Waals surface area contributed by atoms with Gasteiger partial charge in [0.05, 0.1) is 5.56 Å². The maximum Gasteiger partial charge on any atom is 0.416 e. The highest BCUT2D eigenvalue weighted by Gasteiger charge is 2.30. The van der Waals surface area contributed by atoms with Gasteiger partial charge in [-0.3, -0.25) is 4.79 Å². The SMILES string of the molecule is CN(CC/C(N)=N/O)C(=O)c1ccc(C(F)(F)F)cc1. The Kier molecular flexibility index (Phi) is 4.95. The van der Waals surface area contributed by atoms with Crippen LogP contribution in [0, 0.1) is 0 Å². The third-order valence-corrected chi connectivity index (χ3v) is 2.64. The van der Waals surface area contributed by atoms with Crippen LogP contribution in [0.4, 0.5) is 13.2 Å². The number of carbonyl (C=O) groups is 1. The zero-order valence-corrected chi connectivity index (χ0v) is 10.7. The number of nitrogens with two attached hydrogens (primary N) is 1. The molecular weight excluding hydrogens is 275 g/mol. The van der Waals surface area contributed by atoms with E-state index in [4.69, 9.17) is 10.9 Å². The molecule has 1 rings (SSSR count). The first-order chi connectivity index (χ1) is 9.25. The quantitative estimate of drug-likeness (QED) is 0.384. The van der Waals surface area contributed by atoms with Gasteiger partial charge in [-0.05, 0) is 24.3 Å². The number of rotatable bonds is 4. The molecule has 0 saturated heterocycles. The molecule has 1 aromatic rings. The van der Waals surface area contributed by atoms with Crippen LogP contribution < -0.4 is 5.73 Å². The Morgan fingerprint density at radius 2 is 1.90 bits per heavy atom. The Labute approximate surface area is 113 Å². The lowest BCUT2D eigenvalue weighted by molar-refractivity contribution is -0.137. The number of hydrogen-bond donors (Lipinski definition) is 2. The number of nitrogens with zero attached hydrogens (tertiary/aromatic N) is 2. The van der Waals surface area contributed by atoms with E-state index in [0.29, 0.717) is 0 Å². The van der Waals surface area contributed by atoms with E-state index in [0.717, 1.165) is 24.3 Å². The van der Waals surface area contributed by atoms with Crippen molar-refractivity contribution in [1.82, 2.24) is 4.90 Å². The van der Waals surface area contributed by atoms with Crippen molar-refractivity contribution in [3.8, 4) is 0 Å². The molecule has 8 heteroatoms. The van der Waals surface area contributed by atoms with Gasteiger partial charge >= 0.3 is 6.18 Å². The molecule has 1 aromatic carbocycles. The highest BCUT2D eigenvalue weighted by molar-refractivity contribution is 5.94. The van der Waals surface area contributed by atoms with Gasteiger partial charge in [-0.15, -0.1) is 0 Å². The van der Waals surface area contributed by atoms with E-state index in [1.54, 1.807) is 0 Å². The van der Waals surface area contributed by atoms with Gasteiger partial charge in [0.2, 0.25) is 0 Å². The zero-order chi connectivity index (χ0) is 15.3. The molecule has 0 aromatic heterocycles. The Morgan fingerprint density at radius 3 is 2.35 bits per heavy atom. The number of oxime groups is 1. The van der Waals surface area contributed by atoms with E-state index >= 15 is 0 Å². The van der Waals surface area contributed by atoms with E-state index in [1.165, 1.54) is 11.9 Å². The molecule has 0 atom stereocenters. The lowest BCUT2D eigenvalue weighted by Gasteiger charge is -2.17. The minimum absolute atomic E-state index is 0.0305. The smallest absolute Gasteiger partial charge is 0.409 e. The molecule has 3 N–H and O–H groups in total. The summed E-state index contributed by atoms with van der Waals surface area (Å²) in [5, 5.41) is 11.1. The van der Waals surface area contributed by atoms with E-state index in [2.05, 4.69) is 5.16 Å². The first-order valence-corrected chi connectivity index (χ1v) is 5.65.